The first-order chi connectivity index (χ1) is 14.2. The summed E-state index contributed by atoms with van der Waals surface area (Å²) in [6, 6.07) is 9.96. The molecule has 2 aliphatic heterocycles. The number of alkyl halides is 3. The van der Waals surface area contributed by atoms with Crippen molar-refractivity contribution >= 4 is 23.2 Å². The highest BCUT2D eigenvalue weighted by atomic mass is 19.4. The summed E-state index contributed by atoms with van der Waals surface area (Å²) in [6.45, 7) is 2.88. The Kier molecular flexibility index (Phi) is 5.15. The summed E-state index contributed by atoms with van der Waals surface area (Å²) in [7, 11) is 0. The molecule has 30 heavy (non-hydrogen) atoms. The van der Waals surface area contributed by atoms with E-state index < -0.39 is 23.7 Å². The number of halogens is 3. The Morgan fingerprint density at radius 3 is 2.70 bits per heavy atom. The predicted octanol–water partition coefficient (Wildman–Crippen LogP) is 3.27. The molecule has 2 heterocycles. The molecule has 0 radical (unpaired) electrons. The van der Waals surface area contributed by atoms with Gasteiger partial charge in [0.15, 0.2) is 0 Å². The van der Waals surface area contributed by atoms with E-state index in [0.29, 0.717) is 19.7 Å². The molecule has 2 aromatic carbocycles. The summed E-state index contributed by atoms with van der Waals surface area (Å²) in [5, 5.41) is 2.43. The first-order valence-corrected chi connectivity index (χ1v) is 9.51. The zero-order valence-corrected chi connectivity index (χ0v) is 16.2. The van der Waals surface area contributed by atoms with Gasteiger partial charge in [-0.3, -0.25) is 19.4 Å². The zero-order chi connectivity index (χ0) is 21.5. The van der Waals surface area contributed by atoms with Crippen LogP contribution < -0.4 is 15.0 Å². The molecule has 0 fully saturated rings. The number of hydrogen-bond donors (Lipinski definition) is 1. The third-order valence-electron chi connectivity index (χ3n) is 5.34. The number of fused-ring (bicyclic) bond motifs is 2. The van der Waals surface area contributed by atoms with E-state index in [-0.39, 0.29) is 23.8 Å². The van der Waals surface area contributed by atoms with Crippen LogP contribution in [0.2, 0.25) is 0 Å². The molecular weight excluding hydrogens is 399 g/mol. The maximum Gasteiger partial charge on any atom is 0.416 e. The molecule has 0 saturated carbocycles. The van der Waals surface area contributed by atoms with Crippen molar-refractivity contribution in [2.45, 2.75) is 25.7 Å². The van der Waals surface area contributed by atoms with Crippen LogP contribution in [-0.4, -0.2) is 42.5 Å². The van der Waals surface area contributed by atoms with Crippen LogP contribution in [0.25, 0.3) is 0 Å². The van der Waals surface area contributed by atoms with Gasteiger partial charge in [0.05, 0.1) is 23.0 Å². The van der Waals surface area contributed by atoms with E-state index in [1.54, 1.807) is 6.92 Å². The van der Waals surface area contributed by atoms with E-state index in [9.17, 15) is 22.8 Å². The van der Waals surface area contributed by atoms with Gasteiger partial charge in [0.2, 0.25) is 11.8 Å². The fourth-order valence-electron chi connectivity index (χ4n) is 3.72. The first kappa shape index (κ1) is 20.2. The number of rotatable bonds is 2. The summed E-state index contributed by atoms with van der Waals surface area (Å²) < 4.78 is 44.8. The second kappa shape index (κ2) is 7.64. The molecule has 6 nitrogen and oxygen atoms in total. The minimum Gasteiger partial charge on any atom is -0.492 e. The molecule has 1 atom stereocenters. The Hall–Kier alpha value is -3.07. The van der Waals surface area contributed by atoms with Gasteiger partial charge in [-0.2, -0.15) is 13.2 Å². The van der Waals surface area contributed by atoms with E-state index >= 15 is 0 Å². The van der Waals surface area contributed by atoms with Crippen LogP contribution in [0, 0.1) is 0 Å². The van der Waals surface area contributed by atoms with Crippen LogP contribution in [0.3, 0.4) is 0 Å². The lowest BCUT2D eigenvalue weighted by Gasteiger charge is -2.34. The average molecular weight is 419 g/mol. The van der Waals surface area contributed by atoms with Crippen LogP contribution in [0.4, 0.5) is 24.5 Å². The number of para-hydroxylation sites is 1. The van der Waals surface area contributed by atoms with Gasteiger partial charge < -0.3 is 10.1 Å². The van der Waals surface area contributed by atoms with Crippen molar-refractivity contribution in [2.24, 2.45) is 0 Å². The van der Waals surface area contributed by atoms with Crippen molar-refractivity contribution in [3.63, 3.8) is 0 Å². The molecule has 0 aliphatic carbocycles. The standard InChI is InChI=1S/C21H20F3N3O3/c1-13(26-8-9-30-18-5-3-2-4-14(18)11-26)20(29)27-12-19(28)25-16-10-15(21(22,23)24)6-7-17(16)27/h2-7,10,13H,8-9,11-12H2,1H3,(H,25,28). The Morgan fingerprint density at radius 1 is 1.17 bits per heavy atom. The summed E-state index contributed by atoms with van der Waals surface area (Å²) in [6.07, 6.45) is -4.54. The molecule has 1 unspecified atom stereocenters. The van der Waals surface area contributed by atoms with Crippen molar-refractivity contribution < 1.29 is 27.5 Å². The number of nitrogens with zero attached hydrogens (tertiary/aromatic N) is 2. The lowest BCUT2D eigenvalue weighted by Crippen LogP contribution is -2.51. The molecular formula is C21H20F3N3O3. The van der Waals surface area contributed by atoms with E-state index in [1.165, 1.54) is 11.0 Å². The molecule has 0 bridgehead atoms. The second-order valence-corrected chi connectivity index (χ2v) is 7.30. The van der Waals surface area contributed by atoms with Crippen LogP contribution in [0.15, 0.2) is 42.5 Å². The van der Waals surface area contributed by atoms with Gasteiger partial charge in [0, 0.05) is 18.7 Å². The minimum atomic E-state index is -4.54. The minimum absolute atomic E-state index is 0.0221. The molecule has 2 aromatic rings. The summed E-state index contributed by atoms with van der Waals surface area (Å²) in [5.74, 6) is -0.126. The Bertz CT molecular complexity index is 993. The van der Waals surface area contributed by atoms with Crippen LogP contribution in [0.5, 0.6) is 5.75 Å². The monoisotopic (exact) mass is 419 g/mol. The molecule has 158 valence electrons. The molecule has 2 amide bonds. The highest BCUT2D eigenvalue weighted by Crippen LogP contribution is 2.37. The van der Waals surface area contributed by atoms with Crippen molar-refractivity contribution in [3.05, 3.63) is 53.6 Å². The van der Waals surface area contributed by atoms with Gasteiger partial charge in [-0.1, -0.05) is 18.2 Å². The highest BCUT2D eigenvalue weighted by Gasteiger charge is 2.36. The van der Waals surface area contributed by atoms with Crippen LogP contribution >= 0.6 is 0 Å². The van der Waals surface area contributed by atoms with Crippen LogP contribution in [-0.2, 0) is 22.3 Å². The van der Waals surface area contributed by atoms with Gasteiger partial charge in [-0.25, -0.2) is 0 Å². The fourth-order valence-corrected chi connectivity index (χ4v) is 3.72. The number of amides is 2. The smallest absolute Gasteiger partial charge is 0.416 e. The Labute approximate surface area is 171 Å². The number of benzene rings is 2. The van der Waals surface area contributed by atoms with Gasteiger partial charge in [0.25, 0.3) is 0 Å². The third kappa shape index (κ3) is 3.85. The predicted molar refractivity (Wildman–Crippen MR) is 104 cm³/mol. The summed E-state index contributed by atoms with van der Waals surface area (Å²) >= 11 is 0. The van der Waals surface area contributed by atoms with E-state index in [1.807, 2.05) is 29.2 Å². The van der Waals surface area contributed by atoms with Gasteiger partial charge in [-0.05, 0) is 31.2 Å². The van der Waals surface area contributed by atoms with Crippen molar-refractivity contribution in [1.82, 2.24) is 4.90 Å². The second-order valence-electron chi connectivity index (χ2n) is 7.30. The molecule has 1 N–H and O–H groups in total. The zero-order valence-electron chi connectivity index (χ0n) is 16.2. The molecule has 0 aromatic heterocycles. The average Bonchev–Trinajstić information content (AvgIpc) is 2.93. The normalized spacial score (nSPS) is 17.9. The lowest BCUT2D eigenvalue weighted by atomic mass is 10.1. The quantitative estimate of drug-likeness (QED) is 0.812. The number of hydrogen-bond acceptors (Lipinski definition) is 4. The first-order valence-electron chi connectivity index (χ1n) is 9.51. The van der Waals surface area contributed by atoms with E-state index in [4.69, 9.17) is 4.74 Å². The molecule has 2 aliphatic rings. The van der Waals surface area contributed by atoms with Crippen molar-refractivity contribution in [3.8, 4) is 5.75 Å². The Morgan fingerprint density at radius 2 is 1.93 bits per heavy atom. The van der Waals surface area contributed by atoms with Gasteiger partial charge in [-0.15, -0.1) is 0 Å². The largest absolute Gasteiger partial charge is 0.492 e. The maximum absolute atomic E-state index is 13.3. The Balaban J connectivity index is 1.60. The fraction of sp³-hybridized carbons (Fsp3) is 0.333. The summed E-state index contributed by atoms with van der Waals surface area (Å²) in [4.78, 5) is 28.5. The van der Waals surface area contributed by atoms with Crippen molar-refractivity contribution in [2.75, 3.05) is 29.9 Å². The van der Waals surface area contributed by atoms with Crippen LogP contribution in [0.1, 0.15) is 18.1 Å². The number of anilines is 2. The van der Waals surface area contributed by atoms with E-state index in [0.717, 1.165) is 23.4 Å². The number of ether oxygens (including phenoxy) is 1. The van der Waals surface area contributed by atoms with Gasteiger partial charge >= 0.3 is 6.18 Å². The summed E-state index contributed by atoms with van der Waals surface area (Å²) in [5.41, 5.74) is 0.295. The SMILES string of the molecule is CC(C(=O)N1CC(=O)Nc2cc(C(F)(F)F)ccc21)N1CCOc2ccccc2C1. The molecule has 0 saturated heterocycles. The van der Waals surface area contributed by atoms with E-state index in [2.05, 4.69) is 5.32 Å². The van der Waals surface area contributed by atoms with Crippen molar-refractivity contribution in [1.29, 1.82) is 0 Å². The number of carbonyl (C=O) groups excluding carboxylic acids is 2. The van der Waals surface area contributed by atoms with Gasteiger partial charge in [0.1, 0.15) is 18.9 Å². The topological polar surface area (TPSA) is 61.9 Å². The highest BCUT2D eigenvalue weighted by molar-refractivity contribution is 6.11. The lowest BCUT2D eigenvalue weighted by molar-refractivity contribution is -0.137. The molecule has 9 heteroatoms. The maximum atomic E-state index is 13.3. The number of nitrogens with one attached hydrogen (secondary N) is 1. The third-order valence-corrected chi connectivity index (χ3v) is 5.34. The molecule has 4 rings (SSSR count). The number of carbonyl (C=O) groups is 2. The molecule has 0 spiro atoms.